The predicted molar refractivity (Wildman–Crippen MR) is 104 cm³/mol. The van der Waals surface area contributed by atoms with Crippen LogP contribution in [0.5, 0.6) is 0 Å². The second-order valence-corrected chi connectivity index (χ2v) is 6.69. The third kappa shape index (κ3) is 3.57. The van der Waals surface area contributed by atoms with Crippen LogP contribution in [0.1, 0.15) is 35.8 Å². The van der Waals surface area contributed by atoms with Crippen molar-refractivity contribution in [3.8, 4) is 0 Å². The van der Waals surface area contributed by atoms with E-state index in [1.165, 1.54) is 0 Å². The predicted octanol–water partition coefficient (Wildman–Crippen LogP) is 3.51. The number of amides is 1. The van der Waals surface area contributed by atoms with Gasteiger partial charge < -0.3 is 5.32 Å². The van der Waals surface area contributed by atoms with E-state index in [9.17, 15) is 4.79 Å². The number of aromatic nitrogens is 5. The number of nitrogens with zero attached hydrogens (tertiary/aromatic N) is 5. The molecule has 0 aliphatic heterocycles. The molecule has 7 nitrogen and oxygen atoms in total. The van der Waals surface area contributed by atoms with Crippen molar-refractivity contribution in [2.45, 2.75) is 26.4 Å². The standard InChI is InChI=1S/C20H20N6O/c1-14(2)26-19-16(9-23-26)8-18(11-21-19)24-20(27)17-10-22-25(13-17)12-15-6-4-3-5-7-15/h3-11,13-14H,12H2,1-2H3,(H,24,27). The van der Waals surface area contributed by atoms with Crippen molar-refractivity contribution in [1.29, 1.82) is 0 Å². The van der Waals surface area contributed by atoms with E-state index in [4.69, 9.17) is 0 Å². The van der Waals surface area contributed by atoms with Crippen molar-refractivity contribution in [1.82, 2.24) is 24.5 Å². The molecule has 1 N–H and O–H groups in total. The Kier molecular flexibility index (Phi) is 4.42. The van der Waals surface area contributed by atoms with E-state index in [2.05, 4.69) is 34.3 Å². The van der Waals surface area contributed by atoms with Gasteiger partial charge in [-0.3, -0.25) is 9.48 Å². The van der Waals surface area contributed by atoms with Crippen molar-refractivity contribution < 1.29 is 4.79 Å². The molecule has 7 heteroatoms. The van der Waals surface area contributed by atoms with Gasteiger partial charge in [0.15, 0.2) is 5.65 Å². The Bertz CT molecular complexity index is 1080. The van der Waals surface area contributed by atoms with Gasteiger partial charge in [0, 0.05) is 17.6 Å². The lowest BCUT2D eigenvalue weighted by atomic mass is 10.2. The molecule has 0 fully saturated rings. The fourth-order valence-corrected chi connectivity index (χ4v) is 2.93. The van der Waals surface area contributed by atoms with Crippen LogP contribution in [0, 0.1) is 0 Å². The van der Waals surface area contributed by atoms with Crippen molar-refractivity contribution in [2.24, 2.45) is 0 Å². The van der Waals surface area contributed by atoms with E-state index in [-0.39, 0.29) is 11.9 Å². The van der Waals surface area contributed by atoms with Gasteiger partial charge in [-0.05, 0) is 25.5 Å². The topological polar surface area (TPSA) is 77.6 Å². The first-order chi connectivity index (χ1) is 13.1. The maximum Gasteiger partial charge on any atom is 0.258 e. The molecule has 4 rings (SSSR count). The summed E-state index contributed by atoms with van der Waals surface area (Å²) >= 11 is 0. The summed E-state index contributed by atoms with van der Waals surface area (Å²) in [5.74, 6) is -0.216. The molecule has 0 aliphatic rings. The highest BCUT2D eigenvalue weighted by atomic mass is 16.1. The molecule has 0 aliphatic carbocycles. The van der Waals surface area contributed by atoms with E-state index in [0.717, 1.165) is 16.6 Å². The minimum absolute atomic E-state index is 0.216. The van der Waals surface area contributed by atoms with Crippen LogP contribution in [0.4, 0.5) is 5.69 Å². The average Bonchev–Trinajstić information content (AvgIpc) is 3.29. The molecular formula is C20H20N6O. The molecule has 0 saturated carbocycles. The quantitative estimate of drug-likeness (QED) is 0.591. The zero-order valence-corrected chi connectivity index (χ0v) is 15.2. The lowest BCUT2D eigenvalue weighted by molar-refractivity contribution is 0.102. The van der Waals surface area contributed by atoms with Crippen LogP contribution in [-0.2, 0) is 6.54 Å². The Hall–Kier alpha value is -3.48. The van der Waals surface area contributed by atoms with E-state index < -0.39 is 0 Å². The number of rotatable bonds is 5. The number of carbonyl (C=O) groups excluding carboxylic acids is 1. The Labute approximate surface area is 156 Å². The van der Waals surface area contributed by atoms with Crippen LogP contribution in [-0.4, -0.2) is 30.5 Å². The fourth-order valence-electron chi connectivity index (χ4n) is 2.93. The summed E-state index contributed by atoms with van der Waals surface area (Å²) in [7, 11) is 0. The van der Waals surface area contributed by atoms with Crippen LogP contribution in [0.3, 0.4) is 0 Å². The lowest BCUT2D eigenvalue weighted by Gasteiger charge is -2.07. The zero-order chi connectivity index (χ0) is 18.8. The first-order valence-electron chi connectivity index (χ1n) is 8.81. The van der Waals surface area contributed by atoms with Crippen LogP contribution >= 0.6 is 0 Å². The Morgan fingerprint density at radius 2 is 1.93 bits per heavy atom. The Morgan fingerprint density at radius 1 is 1.11 bits per heavy atom. The second kappa shape index (κ2) is 7.03. The van der Waals surface area contributed by atoms with Crippen LogP contribution < -0.4 is 5.32 Å². The minimum Gasteiger partial charge on any atom is -0.320 e. The van der Waals surface area contributed by atoms with Crippen molar-refractivity contribution in [3.05, 3.63) is 72.3 Å². The molecule has 0 saturated heterocycles. The van der Waals surface area contributed by atoms with Gasteiger partial charge in [0.1, 0.15) is 0 Å². The van der Waals surface area contributed by atoms with Gasteiger partial charge >= 0.3 is 0 Å². The van der Waals surface area contributed by atoms with Crippen molar-refractivity contribution in [3.63, 3.8) is 0 Å². The Morgan fingerprint density at radius 3 is 2.70 bits per heavy atom. The van der Waals surface area contributed by atoms with Gasteiger partial charge in [0.2, 0.25) is 0 Å². The maximum atomic E-state index is 12.5. The number of hydrogen-bond acceptors (Lipinski definition) is 4. The van der Waals surface area contributed by atoms with Crippen molar-refractivity contribution >= 4 is 22.6 Å². The third-order valence-electron chi connectivity index (χ3n) is 4.26. The minimum atomic E-state index is -0.216. The lowest BCUT2D eigenvalue weighted by Crippen LogP contribution is -2.11. The highest BCUT2D eigenvalue weighted by Crippen LogP contribution is 2.19. The maximum absolute atomic E-state index is 12.5. The van der Waals surface area contributed by atoms with E-state index >= 15 is 0 Å². The molecule has 3 heterocycles. The number of fused-ring (bicyclic) bond motifs is 1. The fraction of sp³-hybridized carbons (Fsp3) is 0.200. The summed E-state index contributed by atoms with van der Waals surface area (Å²) in [6.45, 7) is 4.73. The number of benzene rings is 1. The normalized spacial score (nSPS) is 11.2. The first kappa shape index (κ1) is 17.0. The zero-order valence-electron chi connectivity index (χ0n) is 15.2. The van der Waals surface area contributed by atoms with Gasteiger partial charge in [0.05, 0.1) is 36.4 Å². The van der Waals surface area contributed by atoms with Gasteiger partial charge in [0.25, 0.3) is 5.91 Å². The molecule has 0 spiro atoms. The molecular weight excluding hydrogens is 340 g/mol. The molecule has 0 unspecified atom stereocenters. The molecule has 27 heavy (non-hydrogen) atoms. The summed E-state index contributed by atoms with van der Waals surface area (Å²) < 4.78 is 3.60. The number of nitrogens with one attached hydrogen (secondary N) is 1. The smallest absolute Gasteiger partial charge is 0.258 e. The number of hydrogen-bond donors (Lipinski definition) is 1. The SMILES string of the molecule is CC(C)n1ncc2cc(NC(=O)c3cnn(Cc4ccccc4)c3)cnc21. The monoisotopic (exact) mass is 360 g/mol. The number of pyridine rings is 1. The molecule has 0 bridgehead atoms. The van der Waals surface area contributed by atoms with E-state index in [0.29, 0.717) is 17.8 Å². The third-order valence-corrected chi connectivity index (χ3v) is 4.26. The molecule has 0 radical (unpaired) electrons. The van der Waals surface area contributed by atoms with E-state index in [1.54, 1.807) is 29.5 Å². The van der Waals surface area contributed by atoms with Gasteiger partial charge in [-0.2, -0.15) is 10.2 Å². The Balaban J connectivity index is 1.48. The van der Waals surface area contributed by atoms with Crippen LogP contribution in [0.2, 0.25) is 0 Å². The molecule has 3 aromatic heterocycles. The van der Waals surface area contributed by atoms with Crippen LogP contribution in [0.15, 0.2) is 61.2 Å². The largest absolute Gasteiger partial charge is 0.320 e. The first-order valence-corrected chi connectivity index (χ1v) is 8.81. The molecule has 1 aromatic carbocycles. The highest BCUT2D eigenvalue weighted by Gasteiger charge is 2.12. The molecule has 4 aromatic rings. The summed E-state index contributed by atoms with van der Waals surface area (Å²) in [4.78, 5) is 17.0. The molecule has 136 valence electrons. The molecule has 0 atom stereocenters. The molecule has 1 amide bonds. The van der Waals surface area contributed by atoms with Crippen LogP contribution in [0.25, 0.3) is 11.0 Å². The summed E-state index contributed by atoms with van der Waals surface area (Å²) in [5.41, 5.74) is 3.07. The van der Waals surface area contributed by atoms with Gasteiger partial charge in [-0.1, -0.05) is 30.3 Å². The summed E-state index contributed by atoms with van der Waals surface area (Å²) in [6, 6.07) is 12.1. The van der Waals surface area contributed by atoms with Gasteiger partial charge in [-0.15, -0.1) is 0 Å². The summed E-state index contributed by atoms with van der Waals surface area (Å²) in [5, 5.41) is 12.4. The summed E-state index contributed by atoms with van der Waals surface area (Å²) in [6.07, 6.45) is 6.72. The van der Waals surface area contributed by atoms with Gasteiger partial charge in [-0.25, -0.2) is 9.67 Å². The average molecular weight is 360 g/mol. The van der Waals surface area contributed by atoms with E-state index in [1.807, 2.05) is 41.1 Å². The number of carbonyl (C=O) groups is 1. The number of anilines is 1. The van der Waals surface area contributed by atoms with Crippen molar-refractivity contribution in [2.75, 3.05) is 5.32 Å². The second-order valence-electron chi connectivity index (χ2n) is 6.69. The highest BCUT2D eigenvalue weighted by molar-refractivity contribution is 6.04.